The summed E-state index contributed by atoms with van der Waals surface area (Å²) in [6, 6.07) is 5.72. The molecule has 4 heterocycles. The van der Waals surface area contributed by atoms with Crippen molar-refractivity contribution in [2.45, 2.75) is 19.8 Å². The highest BCUT2D eigenvalue weighted by molar-refractivity contribution is 5.92. The van der Waals surface area contributed by atoms with Crippen molar-refractivity contribution in [3.8, 4) is 0 Å². The maximum atomic E-state index is 12.7. The molecule has 4 rings (SSSR count). The van der Waals surface area contributed by atoms with Crippen molar-refractivity contribution >= 4 is 11.7 Å². The molecule has 0 bridgehead atoms. The molecule has 26 heavy (non-hydrogen) atoms. The van der Waals surface area contributed by atoms with Gasteiger partial charge in [0.1, 0.15) is 5.69 Å². The topological polar surface area (TPSA) is 87.2 Å². The first kappa shape index (κ1) is 17.0. The highest BCUT2D eigenvalue weighted by Crippen LogP contribution is 2.34. The van der Waals surface area contributed by atoms with Gasteiger partial charge in [-0.1, -0.05) is 0 Å². The van der Waals surface area contributed by atoms with Crippen LogP contribution in [-0.2, 0) is 4.74 Å². The van der Waals surface area contributed by atoms with E-state index in [-0.39, 0.29) is 11.3 Å². The molecule has 2 aliphatic rings. The molecule has 2 saturated heterocycles. The molecule has 2 aliphatic heterocycles. The number of amides is 1. The fraction of sp³-hybridized carbons (Fsp3) is 0.556. The van der Waals surface area contributed by atoms with Crippen molar-refractivity contribution in [2.24, 2.45) is 5.41 Å². The average molecular weight is 356 g/mol. The summed E-state index contributed by atoms with van der Waals surface area (Å²) in [7, 11) is 0. The molecule has 1 N–H and O–H groups in total. The zero-order valence-electron chi connectivity index (χ0n) is 15.0. The standard InChI is InChI=1S/C18H24N6O2/c1-14-3-4-16(22-20-14)23-9-10-26-13-18(11-23)6-2-8-24(12-18)17(25)15-5-7-19-21-15/h3-5,7H,2,6,8-13H2,1H3,(H,19,21). The van der Waals surface area contributed by atoms with E-state index in [1.54, 1.807) is 12.3 Å². The Bertz CT molecular complexity index is 748. The van der Waals surface area contributed by atoms with Gasteiger partial charge < -0.3 is 14.5 Å². The smallest absolute Gasteiger partial charge is 0.271 e. The Morgan fingerprint density at radius 1 is 1.23 bits per heavy atom. The molecule has 0 aromatic carbocycles. The van der Waals surface area contributed by atoms with Crippen LogP contribution in [0.1, 0.15) is 29.0 Å². The summed E-state index contributed by atoms with van der Waals surface area (Å²) in [6.45, 7) is 6.31. The van der Waals surface area contributed by atoms with Gasteiger partial charge in [0, 0.05) is 37.8 Å². The van der Waals surface area contributed by atoms with E-state index < -0.39 is 0 Å². The van der Waals surface area contributed by atoms with Crippen LogP contribution in [0, 0.1) is 12.3 Å². The number of hydrogen-bond donors (Lipinski definition) is 1. The Labute approximate surface area is 152 Å². The Morgan fingerprint density at radius 3 is 2.92 bits per heavy atom. The number of carbonyl (C=O) groups is 1. The van der Waals surface area contributed by atoms with Crippen LogP contribution in [0.3, 0.4) is 0 Å². The van der Waals surface area contributed by atoms with Crippen molar-refractivity contribution in [1.82, 2.24) is 25.3 Å². The minimum absolute atomic E-state index is 0.00694. The molecule has 0 radical (unpaired) electrons. The van der Waals surface area contributed by atoms with Crippen molar-refractivity contribution in [1.29, 1.82) is 0 Å². The molecular weight excluding hydrogens is 332 g/mol. The fourth-order valence-corrected chi connectivity index (χ4v) is 3.92. The summed E-state index contributed by atoms with van der Waals surface area (Å²) in [4.78, 5) is 16.9. The summed E-state index contributed by atoms with van der Waals surface area (Å²) in [6.07, 6.45) is 3.62. The Kier molecular flexibility index (Phi) is 4.58. The number of rotatable bonds is 2. The van der Waals surface area contributed by atoms with Crippen LogP contribution in [0.5, 0.6) is 0 Å². The summed E-state index contributed by atoms with van der Waals surface area (Å²) >= 11 is 0. The molecule has 8 heteroatoms. The maximum Gasteiger partial charge on any atom is 0.271 e. The predicted molar refractivity (Wildman–Crippen MR) is 96.0 cm³/mol. The molecule has 8 nitrogen and oxygen atoms in total. The van der Waals surface area contributed by atoms with Gasteiger partial charge in [-0.3, -0.25) is 9.89 Å². The molecule has 1 spiro atoms. The number of piperidine rings is 1. The number of ether oxygens (including phenoxy) is 1. The lowest BCUT2D eigenvalue weighted by atomic mass is 9.80. The summed E-state index contributed by atoms with van der Waals surface area (Å²) in [5.74, 6) is 0.880. The monoisotopic (exact) mass is 356 g/mol. The fourth-order valence-electron chi connectivity index (χ4n) is 3.92. The Balaban J connectivity index is 1.53. The number of nitrogens with zero attached hydrogens (tertiary/aromatic N) is 5. The van der Waals surface area contributed by atoms with E-state index in [2.05, 4.69) is 25.3 Å². The van der Waals surface area contributed by atoms with E-state index in [4.69, 9.17) is 4.74 Å². The van der Waals surface area contributed by atoms with E-state index in [0.29, 0.717) is 25.5 Å². The molecule has 1 atom stereocenters. The first-order chi connectivity index (χ1) is 12.7. The normalized spacial score (nSPS) is 23.9. The average Bonchev–Trinajstić information content (AvgIpc) is 3.12. The molecule has 1 unspecified atom stereocenters. The lowest BCUT2D eigenvalue weighted by molar-refractivity contribution is 0.0133. The molecule has 2 fully saturated rings. The van der Waals surface area contributed by atoms with Gasteiger partial charge in [-0.2, -0.15) is 10.2 Å². The molecule has 0 aliphatic carbocycles. The van der Waals surface area contributed by atoms with Crippen LogP contribution >= 0.6 is 0 Å². The SMILES string of the molecule is Cc1ccc(N2CCOCC3(CCCN(C(=O)c4ccn[nH]4)C3)C2)nn1. The minimum atomic E-state index is -0.0863. The molecule has 2 aromatic heterocycles. The Morgan fingerprint density at radius 2 is 2.15 bits per heavy atom. The lowest BCUT2D eigenvalue weighted by Crippen LogP contribution is -2.52. The lowest BCUT2D eigenvalue weighted by Gasteiger charge is -2.43. The number of H-pyrrole nitrogens is 1. The van der Waals surface area contributed by atoms with Crippen molar-refractivity contribution in [2.75, 3.05) is 44.3 Å². The number of hydrogen-bond acceptors (Lipinski definition) is 6. The number of aryl methyl sites for hydroxylation is 1. The van der Waals surface area contributed by atoms with Crippen LogP contribution in [0.2, 0.25) is 0 Å². The van der Waals surface area contributed by atoms with Gasteiger partial charge in [0.15, 0.2) is 5.82 Å². The number of likely N-dealkylation sites (tertiary alicyclic amines) is 1. The number of carbonyl (C=O) groups excluding carboxylic acids is 1. The number of aromatic amines is 1. The zero-order valence-corrected chi connectivity index (χ0v) is 15.0. The predicted octanol–water partition coefficient (Wildman–Crippen LogP) is 1.27. The van der Waals surface area contributed by atoms with Crippen molar-refractivity contribution < 1.29 is 9.53 Å². The van der Waals surface area contributed by atoms with E-state index >= 15 is 0 Å². The van der Waals surface area contributed by atoms with E-state index in [0.717, 1.165) is 44.0 Å². The minimum Gasteiger partial charge on any atom is -0.379 e. The molecule has 2 aromatic rings. The number of aromatic nitrogens is 4. The second-order valence-corrected chi connectivity index (χ2v) is 7.31. The van der Waals surface area contributed by atoms with Crippen LogP contribution in [0.15, 0.2) is 24.4 Å². The van der Waals surface area contributed by atoms with Gasteiger partial charge in [-0.25, -0.2) is 0 Å². The molecular formula is C18H24N6O2. The first-order valence-electron chi connectivity index (χ1n) is 9.07. The maximum absolute atomic E-state index is 12.7. The van der Waals surface area contributed by atoms with Crippen LogP contribution in [-0.4, -0.2) is 70.6 Å². The van der Waals surface area contributed by atoms with Crippen molar-refractivity contribution in [3.63, 3.8) is 0 Å². The van der Waals surface area contributed by atoms with Crippen LogP contribution in [0.25, 0.3) is 0 Å². The van der Waals surface area contributed by atoms with E-state index in [9.17, 15) is 4.79 Å². The number of anilines is 1. The third-order valence-electron chi connectivity index (χ3n) is 5.23. The van der Waals surface area contributed by atoms with Crippen molar-refractivity contribution in [3.05, 3.63) is 35.8 Å². The van der Waals surface area contributed by atoms with Gasteiger partial charge in [-0.05, 0) is 38.0 Å². The second-order valence-electron chi connectivity index (χ2n) is 7.31. The highest BCUT2D eigenvalue weighted by Gasteiger charge is 2.41. The van der Waals surface area contributed by atoms with Crippen LogP contribution in [0.4, 0.5) is 5.82 Å². The van der Waals surface area contributed by atoms with Crippen LogP contribution < -0.4 is 4.90 Å². The largest absolute Gasteiger partial charge is 0.379 e. The van der Waals surface area contributed by atoms with E-state index in [1.165, 1.54) is 0 Å². The number of nitrogens with one attached hydrogen (secondary N) is 1. The molecule has 1 amide bonds. The van der Waals surface area contributed by atoms with Gasteiger partial charge in [0.2, 0.25) is 0 Å². The zero-order chi connectivity index (χ0) is 18.0. The third kappa shape index (κ3) is 3.41. The third-order valence-corrected chi connectivity index (χ3v) is 5.23. The summed E-state index contributed by atoms with van der Waals surface area (Å²) in [5.41, 5.74) is 1.36. The molecule has 0 saturated carbocycles. The molecule has 138 valence electrons. The van der Waals surface area contributed by atoms with Gasteiger partial charge in [0.25, 0.3) is 5.91 Å². The first-order valence-corrected chi connectivity index (χ1v) is 9.07. The Hall–Kier alpha value is -2.48. The van der Waals surface area contributed by atoms with E-state index in [1.807, 2.05) is 24.0 Å². The highest BCUT2D eigenvalue weighted by atomic mass is 16.5. The second kappa shape index (κ2) is 7.03. The quantitative estimate of drug-likeness (QED) is 0.872. The summed E-state index contributed by atoms with van der Waals surface area (Å²) in [5, 5.41) is 15.2. The van der Waals surface area contributed by atoms with Gasteiger partial charge in [0.05, 0.1) is 18.9 Å². The summed E-state index contributed by atoms with van der Waals surface area (Å²) < 4.78 is 5.93. The van der Waals surface area contributed by atoms with Gasteiger partial charge >= 0.3 is 0 Å². The van der Waals surface area contributed by atoms with Gasteiger partial charge in [-0.15, -0.1) is 5.10 Å².